The van der Waals surface area contributed by atoms with E-state index in [0.29, 0.717) is 6.54 Å². The summed E-state index contributed by atoms with van der Waals surface area (Å²) in [5, 5.41) is 0. The molecule has 1 aromatic carbocycles. The monoisotopic (exact) mass is 285 g/mol. The number of hydrogen-bond donors (Lipinski definition) is 0. The zero-order valence-electron chi connectivity index (χ0n) is 12.0. The number of rotatable bonds is 4. The van der Waals surface area contributed by atoms with Gasteiger partial charge in [0, 0.05) is 6.54 Å². The van der Waals surface area contributed by atoms with Crippen LogP contribution in [0.1, 0.15) is 49.3 Å². The van der Waals surface area contributed by atoms with E-state index in [1.807, 2.05) is 0 Å². The standard InChI is InChI=1S/C16H22F3N/c1-2-6-13-7-8-15(16(17,18)19)11-14(13)12-20-9-4-3-5-10-20/h7-8,11H,2-6,9-10,12H2,1H3. The molecular weight excluding hydrogens is 263 g/mol. The van der Waals surface area contributed by atoms with Crippen LogP contribution < -0.4 is 0 Å². The van der Waals surface area contributed by atoms with Gasteiger partial charge in [0.15, 0.2) is 0 Å². The first-order valence-electron chi connectivity index (χ1n) is 7.42. The van der Waals surface area contributed by atoms with Gasteiger partial charge in [0.25, 0.3) is 0 Å². The molecule has 0 amide bonds. The summed E-state index contributed by atoms with van der Waals surface area (Å²) in [5.41, 5.74) is 1.39. The first-order chi connectivity index (χ1) is 9.50. The zero-order valence-corrected chi connectivity index (χ0v) is 12.0. The van der Waals surface area contributed by atoms with Gasteiger partial charge < -0.3 is 0 Å². The molecule has 20 heavy (non-hydrogen) atoms. The van der Waals surface area contributed by atoms with Crippen LogP contribution in [-0.4, -0.2) is 18.0 Å². The van der Waals surface area contributed by atoms with Gasteiger partial charge in [-0.15, -0.1) is 0 Å². The summed E-state index contributed by atoms with van der Waals surface area (Å²) in [4.78, 5) is 2.28. The molecular formula is C16H22F3N. The molecule has 0 aromatic heterocycles. The second-order valence-corrected chi connectivity index (χ2v) is 5.57. The van der Waals surface area contributed by atoms with Crippen LogP contribution in [0.4, 0.5) is 13.2 Å². The highest BCUT2D eigenvalue weighted by atomic mass is 19.4. The molecule has 1 aromatic rings. The van der Waals surface area contributed by atoms with Crippen molar-refractivity contribution in [3.05, 3.63) is 34.9 Å². The molecule has 0 atom stereocenters. The molecule has 4 heteroatoms. The van der Waals surface area contributed by atoms with Gasteiger partial charge in [-0.05, 0) is 55.6 Å². The largest absolute Gasteiger partial charge is 0.416 e. The van der Waals surface area contributed by atoms with Crippen molar-refractivity contribution in [3.8, 4) is 0 Å². The lowest BCUT2D eigenvalue weighted by molar-refractivity contribution is -0.137. The van der Waals surface area contributed by atoms with E-state index in [-0.39, 0.29) is 0 Å². The first kappa shape index (κ1) is 15.4. The van der Waals surface area contributed by atoms with Crippen molar-refractivity contribution < 1.29 is 13.2 Å². The predicted molar refractivity (Wildman–Crippen MR) is 74.6 cm³/mol. The maximum absolute atomic E-state index is 12.9. The molecule has 1 aliphatic rings. The third-order valence-electron chi connectivity index (χ3n) is 3.90. The summed E-state index contributed by atoms with van der Waals surface area (Å²) in [6.07, 6.45) is 1.10. The fourth-order valence-corrected chi connectivity index (χ4v) is 2.82. The Labute approximate surface area is 118 Å². The molecule has 1 heterocycles. The van der Waals surface area contributed by atoms with Crippen LogP contribution in [0.5, 0.6) is 0 Å². The second-order valence-electron chi connectivity index (χ2n) is 5.57. The number of hydrogen-bond acceptors (Lipinski definition) is 1. The molecule has 0 N–H and O–H groups in total. The van der Waals surface area contributed by atoms with Gasteiger partial charge in [0.2, 0.25) is 0 Å². The number of alkyl halides is 3. The lowest BCUT2D eigenvalue weighted by Gasteiger charge is -2.27. The number of likely N-dealkylation sites (tertiary alicyclic amines) is 1. The summed E-state index contributed by atoms with van der Waals surface area (Å²) in [6.45, 7) is 4.71. The van der Waals surface area contributed by atoms with Crippen LogP contribution in [0.25, 0.3) is 0 Å². The Balaban J connectivity index is 2.21. The molecule has 0 aliphatic carbocycles. The molecule has 0 radical (unpaired) electrons. The van der Waals surface area contributed by atoms with Crippen molar-refractivity contribution in [2.24, 2.45) is 0 Å². The van der Waals surface area contributed by atoms with Gasteiger partial charge in [-0.3, -0.25) is 4.90 Å². The highest BCUT2D eigenvalue weighted by Crippen LogP contribution is 2.31. The molecule has 112 valence electrons. The normalized spacial score (nSPS) is 17.4. The molecule has 1 aliphatic heterocycles. The minimum Gasteiger partial charge on any atom is -0.299 e. The smallest absolute Gasteiger partial charge is 0.299 e. The molecule has 0 bridgehead atoms. The molecule has 0 spiro atoms. The highest BCUT2D eigenvalue weighted by molar-refractivity contribution is 5.33. The Morgan fingerprint density at radius 2 is 1.75 bits per heavy atom. The van der Waals surface area contributed by atoms with Crippen LogP contribution in [0.3, 0.4) is 0 Å². The van der Waals surface area contributed by atoms with Crippen molar-refractivity contribution in [2.75, 3.05) is 13.1 Å². The van der Waals surface area contributed by atoms with E-state index in [4.69, 9.17) is 0 Å². The summed E-state index contributed by atoms with van der Waals surface area (Å²) >= 11 is 0. The van der Waals surface area contributed by atoms with Crippen LogP contribution >= 0.6 is 0 Å². The number of aryl methyl sites for hydroxylation is 1. The van der Waals surface area contributed by atoms with E-state index in [0.717, 1.165) is 49.9 Å². The fourth-order valence-electron chi connectivity index (χ4n) is 2.82. The summed E-state index contributed by atoms with van der Waals surface area (Å²) in [5.74, 6) is 0. The third-order valence-corrected chi connectivity index (χ3v) is 3.90. The zero-order chi connectivity index (χ0) is 14.6. The Kier molecular flexibility index (Phi) is 5.08. The van der Waals surface area contributed by atoms with Crippen LogP contribution in [-0.2, 0) is 19.1 Å². The van der Waals surface area contributed by atoms with E-state index in [1.165, 1.54) is 18.6 Å². The van der Waals surface area contributed by atoms with Crippen molar-refractivity contribution in [2.45, 2.75) is 51.7 Å². The van der Waals surface area contributed by atoms with Gasteiger partial charge >= 0.3 is 6.18 Å². The predicted octanol–water partition coefficient (Wildman–Crippen LogP) is 4.64. The van der Waals surface area contributed by atoms with E-state index >= 15 is 0 Å². The number of piperidine rings is 1. The average Bonchev–Trinajstić information content (AvgIpc) is 2.41. The Hall–Kier alpha value is -1.03. The van der Waals surface area contributed by atoms with E-state index in [9.17, 15) is 13.2 Å². The van der Waals surface area contributed by atoms with Crippen LogP contribution in [0.2, 0.25) is 0 Å². The summed E-state index contributed by atoms with van der Waals surface area (Å²) in [7, 11) is 0. The summed E-state index contributed by atoms with van der Waals surface area (Å²) < 4.78 is 38.6. The van der Waals surface area contributed by atoms with Gasteiger partial charge in [0.05, 0.1) is 5.56 Å². The first-order valence-corrected chi connectivity index (χ1v) is 7.42. The van der Waals surface area contributed by atoms with Crippen molar-refractivity contribution in [1.82, 2.24) is 4.90 Å². The Bertz CT molecular complexity index is 434. The van der Waals surface area contributed by atoms with Gasteiger partial charge in [-0.2, -0.15) is 13.2 Å². The van der Waals surface area contributed by atoms with Gasteiger partial charge in [0.1, 0.15) is 0 Å². The third kappa shape index (κ3) is 3.98. The fraction of sp³-hybridized carbons (Fsp3) is 0.625. The van der Waals surface area contributed by atoms with Gasteiger partial charge in [-0.25, -0.2) is 0 Å². The molecule has 2 rings (SSSR count). The maximum atomic E-state index is 12.9. The van der Waals surface area contributed by atoms with Gasteiger partial charge in [-0.1, -0.05) is 25.8 Å². The van der Waals surface area contributed by atoms with Crippen LogP contribution in [0.15, 0.2) is 18.2 Å². The Morgan fingerprint density at radius 3 is 2.35 bits per heavy atom. The summed E-state index contributed by atoms with van der Waals surface area (Å²) in [6, 6.07) is 4.22. The molecule has 1 fully saturated rings. The average molecular weight is 285 g/mol. The maximum Gasteiger partial charge on any atom is 0.416 e. The number of halogens is 3. The van der Waals surface area contributed by atoms with E-state index in [1.54, 1.807) is 6.07 Å². The van der Waals surface area contributed by atoms with Crippen molar-refractivity contribution in [3.63, 3.8) is 0 Å². The quantitative estimate of drug-likeness (QED) is 0.778. The van der Waals surface area contributed by atoms with E-state index in [2.05, 4.69) is 11.8 Å². The van der Waals surface area contributed by atoms with Crippen molar-refractivity contribution in [1.29, 1.82) is 0 Å². The lowest BCUT2D eigenvalue weighted by atomic mass is 9.99. The number of nitrogens with zero attached hydrogens (tertiary/aromatic N) is 1. The second kappa shape index (κ2) is 6.61. The lowest BCUT2D eigenvalue weighted by Crippen LogP contribution is -2.29. The molecule has 0 unspecified atom stereocenters. The topological polar surface area (TPSA) is 3.24 Å². The van der Waals surface area contributed by atoms with Crippen molar-refractivity contribution >= 4 is 0 Å². The minimum absolute atomic E-state index is 0.524. The molecule has 0 saturated carbocycles. The minimum atomic E-state index is -4.25. The SMILES string of the molecule is CCCc1ccc(C(F)(F)F)cc1CN1CCCCC1. The highest BCUT2D eigenvalue weighted by Gasteiger charge is 2.31. The van der Waals surface area contributed by atoms with E-state index < -0.39 is 11.7 Å². The molecule has 1 nitrogen and oxygen atoms in total. The number of benzene rings is 1. The van der Waals surface area contributed by atoms with Crippen LogP contribution in [0, 0.1) is 0 Å². The molecule has 1 saturated heterocycles. The Morgan fingerprint density at radius 1 is 1.05 bits per heavy atom.